The molecule has 6 rings (SSSR count). The highest BCUT2D eigenvalue weighted by Gasteiger charge is 2.45. The molecular formula is C26H24N2O6. The van der Waals surface area contributed by atoms with E-state index in [2.05, 4.69) is 5.32 Å². The summed E-state index contributed by atoms with van der Waals surface area (Å²) in [6.45, 7) is 3.28. The van der Waals surface area contributed by atoms with Crippen LogP contribution in [0.5, 0.6) is 5.75 Å². The second-order valence-corrected chi connectivity index (χ2v) is 9.37. The number of carbonyl (C=O) groups is 2. The lowest BCUT2D eigenvalue weighted by atomic mass is 9.80. The molecule has 0 saturated carbocycles. The number of amides is 1. The van der Waals surface area contributed by atoms with E-state index in [0.717, 1.165) is 33.0 Å². The van der Waals surface area contributed by atoms with Crippen molar-refractivity contribution in [1.29, 1.82) is 0 Å². The Bertz CT molecular complexity index is 1500. The number of ether oxygens (including phenoxy) is 1. The summed E-state index contributed by atoms with van der Waals surface area (Å²) in [6.07, 6.45) is 1.35. The molecule has 2 aliphatic heterocycles. The van der Waals surface area contributed by atoms with Crippen molar-refractivity contribution in [1.82, 2.24) is 9.88 Å². The predicted octanol–water partition coefficient (Wildman–Crippen LogP) is 2.51. The Morgan fingerprint density at radius 2 is 2.03 bits per heavy atom. The van der Waals surface area contributed by atoms with E-state index in [9.17, 15) is 24.6 Å². The fourth-order valence-electron chi connectivity index (χ4n) is 5.93. The predicted molar refractivity (Wildman–Crippen MR) is 123 cm³/mol. The van der Waals surface area contributed by atoms with Crippen molar-refractivity contribution in [3.05, 3.63) is 62.4 Å². The molecule has 3 aliphatic rings. The number of carbonyl (C=O) groups excluding carboxylic acids is 2. The molecule has 0 saturated heterocycles. The van der Waals surface area contributed by atoms with E-state index in [1.165, 1.54) is 6.92 Å². The number of pyridine rings is 1. The standard InChI is InChI=1S/C26H24N2O6/c1-3-26(33)18-9-20-15-8-13-4-7-21(30)14-5-6-19(27-12(2)29)23(22(13)14)16(15)10-28(20)24(31)17(18)11-34-25(26)32/h4,7-9,19,30,33H,3,5-6,10-11H2,1-2H3,(H,27,29)/t19?,26-/m0/s1. The quantitative estimate of drug-likeness (QED) is 0.396. The lowest BCUT2D eigenvalue weighted by molar-refractivity contribution is -0.172. The Balaban J connectivity index is 1.67. The van der Waals surface area contributed by atoms with Gasteiger partial charge in [-0.2, -0.15) is 0 Å². The first-order valence-electron chi connectivity index (χ1n) is 11.5. The number of aryl methyl sites for hydroxylation is 1. The molecule has 0 bridgehead atoms. The zero-order chi connectivity index (χ0) is 23.9. The van der Waals surface area contributed by atoms with Gasteiger partial charge < -0.3 is 24.8 Å². The molecule has 1 unspecified atom stereocenters. The highest BCUT2D eigenvalue weighted by Crippen LogP contribution is 2.47. The molecule has 1 amide bonds. The van der Waals surface area contributed by atoms with Crippen LogP contribution >= 0.6 is 0 Å². The number of aromatic nitrogens is 1. The van der Waals surface area contributed by atoms with Crippen molar-refractivity contribution >= 4 is 22.6 Å². The molecular weight excluding hydrogens is 436 g/mol. The van der Waals surface area contributed by atoms with Crippen LogP contribution in [-0.2, 0) is 39.5 Å². The zero-order valence-electron chi connectivity index (χ0n) is 18.9. The molecule has 0 spiro atoms. The molecule has 0 radical (unpaired) electrons. The molecule has 2 atom stereocenters. The third-order valence-electron chi connectivity index (χ3n) is 7.58. The van der Waals surface area contributed by atoms with Crippen LogP contribution in [0, 0.1) is 0 Å². The molecule has 0 fully saturated rings. The van der Waals surface area contributed by atoms with E-state index in [4.69, 9.17) is 4.74 Å². The molecule has 1 aliphatic carbocycles. The Labute approximate surface area is 194 Å². The first kappa shape index (κ1) is 20.9. The van der Waals surface area contributed by atoms with Gasteiger partial charge in [0.2, 0.25) is 5.91 Å². The first-order valence-corrected chi connectivity index (χ1v) is 11.5. The zero-order valence-corrected chi connectivity index (χ0v) is 18.9. The van der Waals surface area contributed by atoms with Crippen LogP contribution in [0.1, 0.15) is 60.5 Å². The minimum atomic E-state index is -1.87. The Kier molecular flexibility index (Phi) is 4.26. The number of fused-ring (bicyclic) bond motifs is 5. The second kappa shape index (κ2) is 6.93. The SMILES string of the molecule is CC[C@@]1(O)C(=O)OCc2c1cc1n(c2=O)Cc2c-1cc1ccc(O)c3c1c2C(NC(C)=O)CC3. The maximum atomic E-state index is 13.5. The summed E-state index contributed by atoms with van der Waals surface area (Å²) in [5, 5.41) is 26.5. The number of hydrogen-bond acceptors (Lipinski definition) is 6. The number of hydrogen-bond donors (Lipinski definition) is 3. The van der Waals surface area contributed by atoms with Crippen LogP contribution in [0.2, 0.25) is 0 Å². The van der Waals surface area contributed by atoms with Crippen LogP contribution in [0.3, 0.4) is 0 Å². The van der Waals surface area contributed by atoms with Gasteiger partial charge in [0, 0.05) is 23.6 Å². The molecule has 3 N–H and O–H groups in total. The van der Waals surface area contributed by atoms with Crippen LogP contribution in [0.15, 0.2) is 29.1 Å². The van der Waals surface area contributed by atoms with Gasteiger partial charge in [0.05, 0.1) is 23.8 Å². The lowest BCUT2D eigenvalue weighted by Crippen LogP contribution is -2.44. The number of nitrogens with zero attached hydrogens (tertiary/aromatic N) is 1. The van der Waals surface area contributed by atoms with Gasteiger partial charge in [-0.3, -0.25) is 9.59 Å². The fourth-order valence-corrected chi connectivity index (χ4v) is 5.93. The Morgan fingerprint density at radius 3 is 2.76 bits per heavy atom. The topological polar surface area (TPSA) is 118 Å². The highest BCUT2D eigenvalue weighted by atomic mass is 16.6. The molecule has 8 nitrogen and oxygen atoms in total. The third kappa shape index (κ3) is 2.60. The second-order valence-electron chi connectivity index (χ2n) is 9.37. The summed E-state index contributed by atoms with van der Waals surface area (Å²) >= 11 is 0. The lowest BCUT2D eigenvalue weighted by Gasteiger charge is -2.31. The summed E-state index contributed by atoms with van der Waals surface area (Å²) in [6, 6.07) is 6.99. The largest absolute Gasteiger partial charge is 0.508 e. The average Bonchev–Trinajstić information content (AvgIpc) is 3.18. The summed E-state index contributed by atoms with van der Waals surface area (Å²) in [5.41, 5.74) is 2.54. The fraction of sp³-hybridized carbons (Fsp3) is 0.346. The molecule has 1 aromatic heterocycles. The maximum absolute atomic E-state index is 13.5. The van der Waals surface area contributed by atoms with Gasteiger partial charge in [-0.15, -0.1) is 0 Å². The van der Waals surface area contributed by atoms with Gasteiger partial charge in [0.15, 0.2) is 5.60 Å². The van der Waals surface area contributed by atoms with Crippen molar-refractivity contribution in [2.45, 2.75) is 57.9 Å². The molecule has 34 heavy (non-hydrogen) atoms. The minimum absolute atomic E-state index is 0.0881. The van der Waals surface area contributed by atoms with Crippen molar-refractivity contribution in [3.63, 3.8) is 0 Å². The van der Waals surface area contributed by atoms with Crippen LogP contribution in [0.25, 0.3) is 22.0 Å². The van der Waals surface area contributed by atoms with E-state index in [1.807, 2.05) is 12.1 Å². The van der Waals surface area contributed by atoms with Gasteiger partial charge in [-0.05, 0) is 59.4 Å². The molecule has 8 heteroatoms. The number of phenolic OH excluding ortho intramolecular Hbond substituents is 1. The van der Waals surface area contributed by atoms with Crippen molar-refractivity contribution < 1.29 is 24.5 Å². The van der Waals surface area contributed by atoms with Crippen LogP contribution in [0.4, 0.5) is 0 Å². The first-order chi connectivity index (χ1) is 16.2. The number of cyclic esters (lactones) is 1. The van der Waals surface area contributed by atoms with E-state index in [-0.39, 0.29) is 41.8 Å². The maximum Gasteiger partial charge on any atom is 0.343 e. The monoisotopic (exact) mass is 460 g/mol. The van der Waals surface area contributed by atoms with Gasteiger partial charge in [0.25, 0.3) is 5.56 Å². The Morgan fingerprint density at radius 1 is 1.24 bits per heavy atom. The average molecular weight is 460 g/mol. The summed E-state index contributed by atoms with van der Waals surface area (Å²) < 4.78 is 6.80. The van der Waals surface area contributed by atoms with Gasteiger partial charge in [-0.1, -0.05) is 13.0 Å². The number of nitrogens with one attached hydrogen (secondary N) is 1. The van der Waals surface area contributed by atoms with Crippen LogP contribution < -0.4 is 10.9 Å². The molecule has 174 valence electrons. The molecule has 3 aromatic rings. The molecule has 3 heterocycles. The number of phenols is 1. The number of aromatic hydroxyl groups is 1. The number of esters is 1. The summed E-state index contributed by atoms with van der Waals surface area (Å²) in [5.74, 6) is -0.669. The number of benzene rings is 2. The summed E-state index contributed by atoms with van der Waals surface area (Å²) in [4.78, 5) is 37.9. The van der Waals surface area contributed by atoms with Crippen LogP contribution in [-0.4, -0.2) is 26.7 Å². The van der Waals surface area contributed by atoms with Gasteiger partial charge in [0.1, 0.15) is 12.4 Å². The van der Waals surface area contributed by atoms with Crippen molar-refractivity contribution in [3.8, 4) is 17.0 Å². The van der Waals surface area contributed by atoms with E-state index in [1.54, 1.807) is 23.6 Å². The normalized spacial score (nSPS) is 22.1. The van der Waals surface area contributed by atoms with Gasteiger partial charge in [-0.25, -0.2) is 4.79 Å². The number of rotatable bonds is 2. The number of aliphatic hydroxyl groups is 1. The Hall–Kier alpha value is -3.65. The third-order valence-corrected chi connectivity index (χ3v) is 7.58. The highest BCUT2D eigenvalue weighted by molar-refractivity contribution is 5.98. The summed E-state index contributed by atoms with van der Waals surface area (Å²) in [7, 11) is 0. The van der Waals surface area contributed by atoms with E-state index < -0.39 is 11.6 Å². The minimum Gasteiger partial charge on any atom is -0.508 e. The van der Waals surface area contributed by atoms with Gasteiger partial charge >= 0.3 is 5.97 Å². The van der Waals surface area contributed by atoms with E-state index >= 15 is 0 Å². The molecule has 2 aromatic carbocycles. The van der Waals surface area contributed by atoms with Crippen molar-refractivity contribution in [2.24, 2.45) is 0 Å². The smallest absolute Gasteiger partial charge is 0.343 e. The van der Waals surface area contributed by atoms with E-state index in [0.29, 0.717) is 30.6 Å². The van der Waals surface area contributed by atoms with Crippen molar-refractivity contribution in [2.75, 3.05) is 0 Å².